The Kier molecular flexibility index (Phi) is 7.16. The topological polar surface area (TPSA) is 55.6 Å². The number of oxazole rings is 1. The van der Waals surface area contributed by atoms with E-state index in [0.29, 0.717) is 5.89 Å². The van der Waals surface area contributed by atoms with E-state index in [-0.39, 0.29) is 0 Å². The summed E-state index contributed by atoms with van der Waals surface area (Å²) in [4.78, 5) is 7.08. The molecule has 0 bridgehead atoms. The highest BCUT2D eigenvalue weighted by Crippen LogP contribution is 2.43. The van der Waals surface area contributed by atoms with Crippen molar-refractivity contribution in [2.24, 2.45) is 0 Å². The third-order valence-corrected chi connectivity index (χ3v) is 11.3. The summed E-state index contributed by atoms with van der Waals surface area (Å²) in [6, 6.07) is 67.6. The van der Waals surface area contributed by atoms with Gasteiger partial charge in [-0.15, -0.1) is 0 Å². The third kappa shape index (κ3) is 5.21. The van der Waals surface area contributed by atoms with Crippen molar-refractivity contribution in [3.8, 4) is 33.7 Å². The van der Waals surface area contributed by atoms with Crippen molar-refractivity contribution in [1.82, 2.24) is 4.98 Å². The molecule has 0 atom stereocenters. The van der Waals surface area contributed by atoms with Crippen molar-refractivity contribution in [1.29, 1.82) is 0 Å². The van der Waals surface area contributed by atoms with Crippen LogP contribution in [0.1, 0.15) is 0 Å². The molecule has 3 aromatic heterocycles. The van der Waals surface area contributed by atoms with Gasteiger partial charge < -0.3 is 18.2 Å². The van der Waals surface area contributed by atoms with Crippen LogP contribution in [0.2, 0.25) is 0 Å². The van der Waals surface area contributed by atoms with Gasteiger partial charge in [0.2, 0.25) is 5.89 Å². The number of hydrogen-bond donors (Lipinski definition) is 0. The van der Waals surface area contributed by atoms with Gasteiger partial charge in [-0.3, -0.25) is 0 Å². The van der Waals surface area contributed by atoms with E-state index in [4.69, 9.17) is 18.2 Å². The normalized spacial score (nSPS) is 11.8. The van der Waals surface area contributed by atoms with Crippen LogP contribution in [-0.4, -0.2) is 4.98 Å². The Balaban J connectivity index is 0.966. The summed E-state index contributed by atoms with van der Waals surface area (Å²) < 4.78 is 19.1. The van der Waals surface area contributed by atoms with Gasteiger partial charge in [-0.25, -0.2) is 4.98 Å². The summed E-state index contributed by atoms with van der Waals surface area (Å²) >= 11 is 0. The number of hydrogen-bond acceptors (Lipinski definition) is 5. The van der Waals surface area contributed by atoms with E-state index >= 15 is 0 Å². The first-order chi connectivity index (χ1) is 28.7. The summed E-state index contributed by atoms with van der Waals surface area (Å²) in [5, 5.41) is 6.71. The van der Waals surface area contributed by atoms with E-state index in [2.05, 4.69) is 144 Å². The van der Waals surface area contributed by atoms with E-state index in [1.165, 1.54) is 21.9 Å². The number of para-hydroxylation sites is 1. The number of rotatable bonds is 6. The highest BCUT2D eigenvalue weighted by molar-refractivity contribution is 6.15. The third-order valence-electron chi connectivity index (χ3n) is 11.3. The molecule has 0 unspecified atom stereocenters. The molecule has 0 spiro atoms. The van der Waals surface area contributed by atoms with Crippen LogP contribution in [-0.2, 0) is 0 Å². The summed E-state index contributed by atoms with van der Waals surface area (Å²) in [5.41, 5.74) is 13.4. The largest absolute Gasteiger partial charge is 0.456 e. The van der Waals surface area contributed by atoms with Crippen molar-refractivity contribution in [2.45, 2.75) is 0 Å². The predicted molar refractivity (Wildman–Crippen MR) is 237 cm³/mol. The van der Waals surface area contributed by atoms with Crippen LogP contribution < -0.4 is 4.90 Å². The van der Waals surface area contributed by atoms with Crippen LogP contribution in [0.3, 0.4) is 0 Å². The Labute approximate surface area is 332 Å². The number of nitrogens with zero attached hydrogens (tertiary/aromatic N) is 2. The lowest BCUT2D eigenvalue weighted by Crippen LogP contribution is -2.09. The van der Waals surface area contributed by atoms with Crippen LogP contribution in [0.15, 0.2) is 207 Å². The molecule has 3 heterocycles. The van der Waals surface area contributed by atoms with Crippen molar-refractivity contribution < 1.29 is 13.3 Å². The lowest BCUT2D eigenvalue weighted by atomic mass is 9.97. The molecular weight excluding hydrogens is 713 g/mol. The van der Waals surface area contributed by atoms with Gasteiger partial charge >= 0.3 is 0 Å². The number of fused-ring (bicyclic) bond motifs is 8. The van der Waals surface area contributed by atoms with Crippen LogP contribution in [0.4, 0.5) is 17.1 Å². The molecule has 0 fully saturated rings. The maximum Gasteiger partial charge on any atom is 0.227 e. The predicted octanol–water partition coefficient (Wildman–Crippen LogP) is 15.3. The minimum absolute atomic E-state index is 0.593. The molecule has 0 aliphatic carbocycles. The fourth-order valence-electron chi connectivity index (χ4n) is 8.55. The average molecular weight is 745 g/mol. The molecule has 0 radical (unpaired) electrons. The molecule has 12 rings (SSSR count). The second kappa shape index (κ2) is 12.8. The van der Waals surface area contributed by atoms with E-state index in [1.807, 2.05) is 54.6 Å². The van der Waals surface area contributed by atoms with Crippen molar-refractivity contribution in [2.75, 3.05) is 4.90 Å². The highest BCUT2D eigenvalue weighted by atomic mass is 16.4. The van der Waals surface area contributed by atoms with E-state index in [0.717, 1.165) is 88.7 Å². The second-order valence-electron chi connectivity index (χ2n) is 14.7. The Hall–Kier alpha value is -7.89. The smallest absolute Gasteiger partial charge is 0.227 e. The fourth-order valence-corrected chi connectivity index (χ4v) is 8.55. The monoisotopic (exact) mass is 744 g/mol. The molecule has 0 aliphatic rings. The van der Waals surface area contributed by atoms with Crippen molar-refractivity contribution in [3.63, 3.8) is 0 Å². The summed E-state index contributed by atoms with van der Waals surface area (Å²) in [6.45, 7) is 0. The van der Waals surface area contributed by atoms with Gasteiger partial charge in [-0.05, 0) is 99.8 Å². The van der Waals surface area contributed by atoms with Crippen LogP contribution in [0.25, 0.3) is 99.5 Å². The van der Waals surface area contributed by atoms with E-state index < -0.39 is 0 Å². The molecule has 9 aromatic carbocycles. The lowest BCUT2D eigenvalue weighted by molar-refractivity contribution is 0.620. The molecule has 58 heavy (non-hydrogen) atoms. The number of benzene rings is 9. The van der Waals surface area contributed by atoms with Gasteiger partial charge in [0.1, 0.15) is 27.8 Å². The Morgan fingerprint density at radius 3 is 1.78 bits per heavy atom. The van der Waals surface area contributed by atoms with Gasteiger partial charge in [0.15, 0.2) is 5.58 Å². The van der Waals surface area contributed by atoms with Gasteiger partial charge in [0.05, 0.1) is 0 Å². The molecule has 0 N–H and O–H groups in total. The number of anilines is 3. The average Bonchev–Trinajstić information content (AvgIpc) is 3.99. The van der Waals surface area contributed by atoms with E-state index in [9.17, 15) is 0 Å². The van der Waals surface area contributed by atoms with Crippen LogP contribution >= 0.6 is 0 Å². The first kappa shape index (κ1) is 32.4. The van der Waals surface area contributed by atoms with E-state index in [1.54, 1.807) is 0 Å². The Bertz CT molecular complexity index is 3500. The number of aromatic nitrogens is 1. The summed E-state index contributed by atoms with van der Waals surface area (Å²) in [7, 11) is 0. The standard InChI is InChI=1S/C53H32N2O3/c1-2-11-36(12-3-1)53-54-46-32-50-45(31-51(46)58-53)52-42(17-9-19-48(52)57-50)35-22-26-38(27-23-35)55(39-28-29-44-43-15-6-7-18-47(43)56-49(44)30-39)37-24-20-34(21-25-37)41-16-8-13-33-10-4-5-14-40(33)41/h1-32H. The summed E-state index contributed by atoms with van der Waals surface area (Å²) in [6.07, 6.45) is 0. The minimum Gasteiger partial charge on any atom is -0.456 e. The van der Waals surface area contributed by atoms with Gasteiger partial charge in [-0.2, -0.15) is 0 Å². The second-order valence-corrected chi connectivity index (χ2v) is 14.7. The minimum atomic E-state index is 0.593. The SMILES string of the molecule is c1ccc(-c2nc3cc4oc5cccc(-c6ccc(N(c7ccc(-c8cccc9ccccc89)cc7)c7ccc8c(c7)oc7ccccc78)cc6)c5c4cc3o2)cc1. The zero-order chi connectivity index (χ0) is 38.2. The Morgan fingerprint density at radius 2 is 0.948 bits per heavy atom. The van der Waals surface area contributed by atoms with Gasteiger partial charge in [0.25, 0.3) is 0 Å². The van der Waals surface area contributed by atoms with Crippen molar-refractivity contribution in [3.05, 3.63) is 194 Å². The fraction of sp³-hybridized carbons (Fsp3) is 0. The highest BCUT2D eigenvalue weighted by Gasteiger charge is 2.19. The summed E-state index contributed by atoms with van der Waals surface area (Å²) in [5.74, 6) is 0.593. The molecule has 0 aliphatic heterocycles. The lowest BCUT2D eigenvalue weighted by Gasteiger charge is -2.26. The zero-order valence-electron chi connectivity index (χ0n) is 31.1. The van der Waals surface area contributed by atoms with Gasteiger partial charge in [-0.1, -0.05) is 115 Å². The van der Waals surface area contributed by atoms with Gasteiger partial charge in [0, 0.05) is 56.3 Å². The first-order valence-corrected chi connectivity index (χ1v) is 19.4. The number of furan rings is 2. The molecule has 0 saturated heterocycles. The molecule has 12 aromatic rings. The maximum atomic E-state index is 6.44. The quantitative estimate of drug-likeness (QED) is 0.170. The molecule has 0 amide bonds. The Morgan fingerprint density at radius 1 is 0.345 bits per heavy atom. The maximum absolute atomic E-state index is 6.44. The molecule has 5 nitrogen and oxygen atoms in total. The zero-order valence-corrected chi connectivity index (χ0v) is 31.1. The molecule has 272 valence electrons. The van der Waals surface area contributed by atoms with Crippen LogP contribution in [0.5, 0.6) is 0 Å². The molecular formula is C53H32N2O3. The molecule has 5 heteroatoms. The van der Waals surface area contributed by atoms with Crippen LogP contribution in [0, 0.1) is 0 Å². The van der Waals surface area contributed by atoms with Crippen molar-refractivity contribution >= 4 is 82.8 Å². The first-order valence-electron chi connectivity index (χ1n) is 19.4. The molecule has 0 saturated carbocycles.